The molecule has 1 aliphatic heterocycles. The summed E-state index contributed by atoms with van der Waals surface area (Å²) >= 11 is 0. The number of amides is 7. The SMILES string of the molecule is COc1ccc(CC(NC(=O)C(CCCCNC(C)=O)NC(=O)CC(NC(=O)CNC(=O)C(CCCNC(=N)N)NC(=O)OC(C)(C)C)C(=O)O)C(=O)NC2[C@@H](CO)O[C@@H](n3cnc4c(N)ncnc43)[C@H]2O)cc1. The van der Waals surface area contributed by atoms with Gasteiger partial charge in [-0.15, -0.1) is 0 Å². The minimum Gasteiger partial charge on any atom is -0.497 e. The van der Waals surface area contributed by atoms with E-state index in [-0.39, 0.29) is 74.0 Å². The van der Waals surface area contributed by atoms with Crippen LogP contribution < -0.4 is 58.7 Å². The number of nitrogens with two attached hydrogens (primary N) is 2. The number of guanidine groups is 1. The highest BCUT2D eigenvalue weighted by atomic mass is 16.6. The molecule has 74 heavy (non-hydrogen) atoms. The lowest BCUT2D eigenvalue weighted by molar-refractivity contribution is -0.143. The Bertz CT molecular complexity index is 2450. The number of imidazole rings is 1. The fourth-order valence-electron chi connectivity index (χ4n) is 7.54. The normalized spacial score (nSPS) is 17.8. The largest absolute Gasteiger partial charge is 0.497 e. The predicted octanol–water partition coefficient (Wildman–Crippen LogP) is -3.10. The third-order valence-electron chi connectivity index (χ3n) is 11.1. The third-order valence-corrected chi connectivity index (χ3v) is 11.1. The van der Waals surface area contributed by atoms with Gasteiger partial charge in [-0.2, -0.15) is 0 Å². The van der Waals surface area contributed by atoms with Crippen LogP contribution in [0.15, 0.2) is 36.9 Å². The molecule has 29 heteroatoms. The molecule has 1 saturated heterocycles. The average Bonchev–Trinajstić information content (AvgIpc) is 3.90. The van der Waals surface area contributed by atoms with Gasteiger partial charge in [-0.3, -0.25) is 38.7 Å². The number of carboxylic acid groups (broad SMARTS) is 1. The lowest BCUT2D eigenvalue weighted by Gasteiger charge is -2.27. The molecule has 406 valence electrons. The van der Waals surface area contributed by atoms with E-state index in [1.165, 1.54) is 31.3 Å². The Labute approximate surface area is 424 Å². The Morgan fingerprint density at radius 1 is 0.838 bits per heavy atom. The Hall–Kier alpha value is -7.92. The molecule has 8 atom stereocenters. The van der Waals surface area contributed by atoms with Crippen LogP contribution in [0.25, 0.3) is 11.2 Å². The molecule has 0 saturated carbocycles. The van der Waals surface area contributed by atoms with Crippen LogP contribution in [0.5, 0.6) is 5.75 Å². The molecule has 29 nitrogen and oxygen atoms in total. The summed E-state index contributed by atoms with van der Waals surface area (Å²) in [5.41, 5.74) is 11.3. The van der Waals surface area contributed by atoms with Crippen molar-refractivity contribution < 1.29 is 67.9 Å². The highest BCUT2D eigenvalue weighted by Crippen LogP contribution is 2.32. The maximum atomic E-state index is 14.3. The molecule has 7 amide bonds. The number of aromatic nitrogens is 4. The number of aliphatic carboxylic acids is 1. The fraction of sp³-hybridized carbons (Fsp3) is 0.556. The number of methoxy groups -OCH3 is 1. The van der Waals surface area contributed by atoms with E-state index in [0.29, 0.717) is 17.7 Å². The van der Waals surface area contributed by atoms with Gasteiger partial charge in [-0.05, 0) is 70.6 Å². The number of anilines is 1. The summed E-state index contributed by atoms with van der Waals surface area (Å²) in [4.78, 5) is 117. The van der Waals surface area contributed by atoms with E-state index in [9.17, 15) is 53.7 Å². The van der Waals surface area contributed by atoms with Gasteiger partial charge >= 0.3 is 12.1 Å². The number of rotatable bonds is 27. The number of unbranched alkanes of at least 4 members (excludes halogenated alkanes) is 1. The second-order valence-electron chi connectivity index (χ2n) is 18.1. The van der Waals surface area contributed by atoms with E-state index in [4.69, 9.17) is 31.1 Å². The van der Waals surface area contributed by atoms with Gasteiger partial charge in [0.1, 0.15) is 59.6 Å². The molecule has 3 heterocycles. The monoisotopic (exact) mass is 1040 g/mol. The van der Waals surface area contributed by atoms with Crippen molar-refractivity contribution in [3.8, 4) is 5.75 Å². The molecule has 4 rings (SSSR count). The van der Waals surface area contributed by atoms with E-state index in [2.05, 4.69) is 57.5 Å². The number of aliphatic hydroxyl groups excluding tert-OH is 2. The quantitative estimate of drug-likeness (QED) is 0.0204. The molecule has 5 unspecified atom stereocenters. The van der Waals surface area contributed by atoms with Gasteiger partial charge in [0.25, 0.3) is 0 Å². The van der Waals surface area contributed by atoms with Crippen LogP contribution in [0.2, 0.25) is 0 Å². The first kappa shape index (κ1) is 58.6. The van der Waals surface area contributed by atoms with Crippen molar-refractivity contribution in [2.24, 2.45) is 5.73 Å². The number of nitrogen functional groups attached to an aromatic ring is 1. The number of alkyl carbamates (subject to hydrolysis) is 1. The van der Waals surface area contributed by atoms with Crippen molar-refractivity contribution >= 4 is 70.4 Å². The maximum absolute atomic E-state index is 14.3. The lowest BCUT2D eigenvalue weighted by Crippen LogP contribution is -2.58. The van der Waals surface area contributed by atoms with E-state index >= 15 is 0 Å². The predicted molar refractivity (Wildman–Crippen MR) is 261 cm³/mol. The summed E-state index contributed by atoms with van der Waals surface area (Å²) in [5.74, 6) is -6.30. The first-order valence-corrected chi connectivity index (χ1v) is 23.5. The maximum Gasteiger partial charge on any atom is 0.408 e. The number of ether oxygens (including phenoxy) is 3. The molecule has 0 radical (unpaired) electrons. The number of carbonyl (C=O) groups is 8. The van der Waals surface area contributed by atoms with Crippen molar-refractivity contribution in [2.75, 3.05) is 39.1 Å². The number of nitrogens with one attached hydrogen (secondary N) is 9. The van der Waals surface area contributed by atoms with Gasteiger partial charge < -0.3 is 83.5 Å². The molecule has 16 N–H and O–H groups in total. The molecular weight excluding hydrogens is 975 g/mol. The van der Waals surface area contributed by atoms with Gasteiger partial charge in [0.15, 0.2) is 23.7 Å². The second kappa shape index (κ2) is 27.8. The summed E-state index contributed by atoms with van der Waals surface area (Å²) in [6.07, 6.45) is -2.65. The Morgan fingerprint density at radius 3 is 2.14 bits per heavy atom. The van der Waals surface area contributed by atoms with Crippen LogP contribution in [0.3, 0.4) is 0 Å². The number of carboxylic acids is 1. The Morgan fingerprint density at radius 2 is 1.50 bits per heavy atom. The van der Waals surface area contributed by atoms with Crippen LogP contribution >= 0.6 is 0 Å². The van der Waals surface area contributed by atoms with Crippen LogP contribution in [0, 0.1) is 5.41 Å². The zero-order valence-electron chi connectivity index (χ0n) is 41.6. The van der Waals surface area contributed by atoms with Crippen molar-refractivity contribution in [3.63, 3.8) is 0 Å². The van der Waals surface area contributed by atoms with Crippen LogP contribution in [0.1, 0.15) is 78.0 Å². The van der Waals surface area contributed by atoms with Crippen LogP contribution in [-0.4, -0.2) is 170 Å². The van der Waals surface area contributed by atoms with Crippen molar-refractivity contribution in [1.82, 2.24) is 62.1 Å². The zero-order valence-corrected chi connectivity index (χ0v) is 41.6. The summed E-state index contributed by atoms with van der Waals surface area (Å²) in [6, 6.07) is -0.663. The van der Waals surface area contributed by atoms with Gasteiger partial charge in [0, 0.05) is 26.4 Å². The summed E-state index contributed by atoms with van der Waals surface area (Å²) in [6.45, 7) is 5.10. The minimum absolute atomic E-state index is 0.0147. The van der Waals surface area contributed by atoms with Crippen LogP contribution in [0.4, 0.5) is 10.6 Å². The first-order valence-electron chi connectivity index (χ1n) is 23.5. The summed E-state index contributed by atoms with van der Waals surface area (Å²) in [7, 11) is 1.46. The fourth-order valence-corrected chi connectivity index (χ4v) is 7.54. The smallest absolute Gasteiger partial charge is 0.408 e. The van der Waals surface area contributed by atoms with Gasteiger partial charge in [0.05, 0.1) is 39.1 Å². The average molecular weight is 1040 g/mol. The molecule has 3 aromatic rings. The third kappa shape index (κ3) is 18.3. The Kier molecular flexibility index (Phi) is 22.0. The molecule has 0 aliphatic carbocycles. The highest BCUT2D eigenvalue weighted by Gasteiger charge is 2.46. The van der Waals surface area contributed by atoms with Gasteiger partial charge in [-0.25, -0.2) is 24.5 Å². The van der Waals surface area contributed by atoms with Crippen molar-refractivity contribution in [3.05, 3.63) is 42.5 Å². The van der Waals surface area contributed by atoms with Crippen LogP contribution in [-0.2, 0) is 49.5 Å². The second-order valence-corrected chi connectivity index (χ2v) is 18.1. The number of fused-ring (bicyclic) bond motifs is 1. The molecule has 0 bridgehead atoms. The molecule has 1 fully saturated rings. The molecular formula is C45H67N15O14. The molecule has 1 aliphatic rings. The number of nitrogens with zero attached hydrogens (tertiary/aromatic N) is 4. The summed E-state index contributed by atoms with van der Waals surface area (Å²) < 4.78 is 17.8. The van der Waals surface area contributed by atoms with E-state index < -0.39 is 115 Å². The van der Waals surface area contributed by atoms with Gasteiger partial charge in [0.2, 0.25) is 35.4 Å². The molecule has 0 spiro atoms. The molecule has 1 aromatic carbocycles. The van der Waals surface area contributed by atoms with Crippen molar-refractivity contribution in [2.45, 2.75) is 127 Å². The number of carbonyl (C=O) groups excluding carboxylic acids is 7. The number of hydrogen-bond acceptors (Lipinski definition) is 18. The van der Waals surface area contributed by atoms with E-state index in [1.807, 2.05) is 0 Å². The first-order chi connectivity index (χ1) is 35.0. The highest BCUT2D eigenvalue weighted by molar-refractivity contribution is 5.95. The number of benzene rings is 1. The minimum atomic E-state index is -1.88. The van der Waals surface area contributed by atoms with Gasteiger partial charge in [-0.1, -0.05) is 12.1 Å². The van der Waals surface area contributed by atoms with E-state index in [0.717, 1.165) is 0 Å². The number of aliphatic hydroxyl groups is 2. The topological polar surface area (TPSA) is 441 Å². The zero-order chi connectivity index (χ0) is 54.7. The molecule has 2 aromatic heterocycles. The summed E-state index contributed by atoms with van der Waals surface area (Å²) in [5, 5.41) is 59.2. The lowest BCUT2D eigenvalue weighted by atomic mass is 10.0. The Balaban J connectivity index is 1.50. The number of hydrogen-bond donors (Lipinski definition) is 14. The standard InChI is InChI=1S/C45H67N15O14/c1-23(62)49-15-7-6-9-27(55-31(63)18-29(42(69)70)56-32(64)19-51-38(66)26(10-8-16-50-43(47)48)58-44(71)74-45(2,3)4)39(67)57-28(17-24-11-13-25(72-5)14-12-24)40(68)59-33-30(20-61)73-41(35(33)65)60-22-54-34-36(46)52-21-53-37(34)60/h11-14,21-22,26-30,33,35,41,61,65H,6-10,15-20H2,1-5H3,(H,49,62)(H,51,66)(H,55,63)(H,56,64)(H,57,67)(H,58,71)(H,59,68)(H,69,70)(H2,46,52,53)(H4,47,48,50)/t26?,27?,28?,29?,30-,33?,35+,41-/m1/s1. The van der Waals surface area contributed by atoms with E-state index in [1.54, 1.807) is 45.0 Å². The van der Waals surface area contributed by atoms with Crippen molar-refractivity contribution in [1.29, 1.82) is 5.41 Å².